The quantitative estimate of drug-likeness (QED) is 0.857. The van der Waals surface area contributed by atoms with E-state index in [-0.39, 0.29) is 11.8 Å². The molecule has 0 radical (unpaired) electrons. The molecule has 106 valence electrons. The number of likely N-dealkylation sites (N-methyl/N-ethyl adjacent to an activating group) is 1. The Balaban J connectivity index is 2.79. The summed E-state index contributed by atoms with van der Waals surface area (Å²) in [6.45, 7) is 9.50. The first-order chi connectivity index (χ1) is 9.01. The molecule has 0 unspecified atom stereocenters. The smallest absolute Gasteiger partial charge is 0.240 e. The molecule has 1 rings (SSSR count). The van der Waals surface area contributed by atoms with Crippen molar-refractivity contribution in [2.45, 2.75) is 46.7 Å². The van der Waals surface area contributed by atoms with Crippen molar-refractivity contribution in [2.24, 2.45) is 11.7 Å². The zero-order chi connectivity index (χ0) is 14.4. The predicted molar refractivity (Wildman–Crippen MR) is 79.7 cm³/mol. The molecule has 2 N–H and O–H groups in total. The Morgan fingerprint density at radius 2 is 1.95 bits per heavy atom. The van der Waals surface area contributed by atoms with E-state index in [0.717, 1.165) is 6.42 Å². The molecule has 0 heterocycles. The van der Waals surface area contributed by atoms with E-state index in [4.69, 9.17) is 5.73 Å². The third-order valence-electron chi connectivity index (χ3n) is 3.86. The van der Waals surface area contributed by atoms with E-state index in [2.05, 4.69) is 26.0 Å². The van der Waals surface area contributed by atoms with Gasteiger partial charge < -0.3 is 10.6 Å². The number of aryl methyl sites for hydroxylation is 1. The molecule has 0 fully saturated rings. The zero-order valence-corrected chi connectivity index (χ0v) is 12.5. The average molecular weight is 262 g/mol. The molecule has 0 aliphatic rings. The summed E-state index contributed by atoms with van der Waals surface area (Å²) in [4.78, 5) is 14.2. The lowest BCUT2D eigenvalue weighted by Gasteiger charge is -2.27. The third-order valence-corrected chi connectivity index (χ3v) is 3.86. The summed E-state index contributed by atoms with van der Waals surface area (Å²) in [5, 5.41) is 0. The molecule has 3 heteroatoms. The van der Waals surface area contributed by atoms with Gasteiger partial charge in [-0.2, -0.15) is 0 Å². The van der Waals surface area contributed by atoms with Crippen molar-refractivity contribution >= 4 is 5.91 Å². The topological polar surface area (TPSA) is 46.3 Å². The second kappa shape index (κ2) is 7.29. The highest BCUT2D eigenvalue weighted by molar-refractivity contribution is 5.82. The molecule has 3 nitrogen and oxygen atoms in total. The number of rotatable bonds is 6. The van der Waals surface area contributed by atoms with E-state index in [9.17, 15) is 4.79 Å². The minimum Gasteiger partial charge on any atom is -0.337 e. The summed E-state index contributed by atoms with van der Waals surface area (Å²) in [6, 6.07) is 7.77. The highest BCUT2D eigenvalue weighted by atomic mass is 16.2. The minimum absolute atomic E-state index is 0.0557. The van der Waals surface area contributed by atoms with Crippen LogP contribution in [0.5, 0.6) is 0 Å². The van der Waals surface area contributed by atoms with Crippen LogP contribution in [0.15, 0.2) is 24.3 Å². The number of hydrogen-bond donors (Lipinski definition) is 1. The average Bonchev–Trinajstić information content (AvgIpc) is 2.44. The van der Waals surface area contributed by atoms with Gasteiger partial charge in [-0.1, -0.05) is 44.5 Å². The van der Waals surface area contributed by atoms with Gasteiger partial charge in [0, 0.05) is 13.1 Å². The number of nitrogens with two attached hydrogens (primary N) is 1. The number of carbonyl (C=O) groups is 1. The third kappa shape index (κ3) is 4.06. The van der Waals surface area contributed by atoms with Crippen molar-refractivity contribution in [3.63, 3.8) is 0 Å². The Kier molecular flexibility index (Phi) is 6.03. The second-order valence-corrected chi connectivity index (χ2v) is 5.19. The van der Waals surface area contributed by atoms with Gasteiger partial charge in [-0.15, -0.1) is 0 Å². The molecular weight excluding hydrogens is 236 g/mol. The van der Waals surface area contributed by atoms with E-state index in [1.165, 1.54) is 11.1 Å². The van der Waals surface area contributed by atoms with Crippen molar-refractivity contribution in [1.29, 1.82) is 0 Å². The molecule has 1 aromatic carbocycles. The van der Waals surface area contributed by atoms with Crippen LogP contribution in [0.2, 0.25) is 0 Å². The maximum absolute atomic E-state index is 12.4. The van der Waals surface area contributed by atoms with Crippen molar-refractivity contribution in [2.75, 3.05) is 6.54 Å². The van der Waals surface area contributed by atoms with Gasteiger partial charge >= 0.3 is 0 Å². The summed E-state index contributed by atoms with van der Waals surface area (Å²) in [6.07, 6.45) is 0.925. The van der Waals surface area contributed by atoms with Gasteiger partial charge in [0.25, 0.3) is 0 Å². The number of nitrogens with zero attached hydrogens (tertiary/aromatic N) is 1. The number of hydrogen-bond acceptors (Lipinski definition) is 2. The molecule has 2 atom stereocenters. The van der Waals surface area contributed by atoms with E-state index in [1.54, 1.807) is 0 Å². The largest absolute Gasteiger partial charge is 0.337 e. The monoisotopic (exact) mass is 262 g/mol. The number of benzene rings is 1. The molecule has 0 saturated carbocycles. The van der Waals surface area contributed by atoms with Crippen molar-refractivity contribution in [1.82, 2.24) is 4.90 Å². The lowest BCUT2D eigenvalue weighted by molar-refractivity contribution is -0.134. The van der Waals surface area contributed by atoms with Gasteiger partial charge in [-0.25, -0.2) is 0 Å². The summed E-state index contributed by atoms with van der Waals surface area (Å²) in [5.41, 5.74) is 8.45. The second-order valence-electron chi connectivity index (χ2n) is 5.19. The summed E-state index contributed by atoms with van der Waals surface area (Å²) in [7, 11) is 0. The molecule has 19 heavy (non-hydrogen) atoms. The Morgan fingerprint density at radius 1 is 1.32 bits per heavy atom. The fraction of sp³-hybridized carbons (Fsp3) is 0.562. The Bertz CT molecular complexity index is 417. The maximum atomic E-state index is 12.4. The zero-order valence-electron chi connectivity index (χ0n) is 12.5. The molecule has 0 aromatic heterocycles. The first kappa shape index (κ1) is 15.7. The van der Waals surface area contributed by atoms with Crippen LogP contribution in [0.3, 0.4) is 0 Å². The van der Waals surface area contributed by atoms with Crippen LogP contribution in [-0.4, -0.2) is 23.4 Å². The lowest BCUT2D eigenvalue weighted by Crippen LogP contribution is -2.46. The molecule has 0 spiro atoms. The predicted octanol–water partition coefficient (Wildman–Crippen LogP) is 2.72. The molecule has 0 saturated heterocycles. The molecular formula is C16H26N2O. The van der Waals surface area contributed by atoms with Crippen molar-refractivity contribution < 1.29 is 4.79 Å². The van der Waals surface area contributed by atoms with Crippen LogP contribution in [0.25, 0.3) is 0 Å². The summed E-state index contributed by atoms with van der Waals surface area (Å²) < 4.78 is 0. The molecule has 0 bridgehead atoms. The maximum Gasteiger partial charge on any atom is 0.240 e. The SMILES string of the molecule is CC[C@H](C)[C@H](N)C(=O)N(CC)Cc1ccccc1C. The van der Waals surface area contributed by atoms with Crippen LogP contribution < -0.4 is 5.73 Å². The summed E-state index contributed by atoms with van der Waals surface area (Å²) >= 11 is 0. The van der Waals surface area contributed by atoms with Gasteiger partial charge in [0.05, 0.1) is 6.04 Å². The number of amides is 1. The van der Waals surface area contributed by atoms with Crippen LogP contribution in [0, 0.1) is 12.8 Å². The van der Waals surface area contributed by atoms with E-state index in [1.807, 2.05) is 30.9 Å². The van der Waals surface area contributed by atoms with Crippen molar-refractivity contribution in [3.05, 3.63) is 35.4 Å². The van der Waals surface area contributed by atoms with Crippen molar-refractivity contribution in [3.8, 4) is 0 Å². The van der Waals surface area contributed by atoms with E-state index < -0.39 is 6.04 Å². The van der Waals surface area contributed by atoms with Gasteiger partial charge in [-0.05, 0) is 30.9 Å². The Labute approximate surface area is 116 Å². The van der Waals surface area contributed by atoms with Crippen LogP contribution >= 0.6 is 0 Å². The van der Waals surface area contributed by atoms with E-state index >= 15 is 0 Å². The van der Waals surface area contributed by atoms with Crippen LogP contribution in [0.4, 0.5) is 0 Å². The van der Waals surface area contributed by atoms with Crippen LogP contribution in [-0.2, 0) is 11.3 Å². The fourth-order valence-corrected chi connectivity index (χ4v) is 2.05. The lowest BCUT2D eigenvalue weighted by atomic mass is 9.98. The molecule has 0 aliphatic carbocycles. The molecule has 1 amide bonds. The summed E-state index contributed by atoms with van der Waals surface area (Å²) in [5.74, 6) is 0.276. The first-order valence-electron chi connectivity index (χ1n) is 7.10. The van der Waals surface area contributed by atoms with Gasteiger partial charge in [0.1, 0.15) is 0 Å². The van der Waals surface area contributed by atoms with Gasteiger partial charge in [0.15, 0.2) is 0 Å². The standard InChI is InChI=1S/C16H26N2O/c1-5-12(3)15(17)16(19)18(6-2)11-14-10-8-7-9-13(14)4/h7-10,12,15H,5-6,11,17H2,1-4H3/t12-,15-/m0/s1. The molecule has 0 aliphatic heterocycles. The fourth-order valence-electron chi connectivity index (χ4n) is 2.05. The van der Waals surface area contributed by atoms with Crippen LogP contribution in [0.1, 0.15) is 38.3 Å². The molecule has 1 aromatic rings. The normalized spacial score (nSPS) is 13.9. The van der Waals surface area contributed by atoms with E-state index in [0.29, 0.717) is 13.1 Å². The Hall–Kier alpha value is -1.35. The van der Waals surface area contributed by atoms with Gasteiger partial charge in [0.2, 0.25) is 5.91 Å². The highest BCUT2D eigenvalue weighted by Gasteiger charge is 2.24. The minimum atomic E-state index is -0.394. The highest BCUT2D eigenvalue weighted by Crippen LogP contribution is 2.14. The van der Waals surface area contributed by atoms with Gasteiger partial charge in [-0.3, -0.25) is 4.79 Å². The first-order valence-corrected chi connectivity index (χ1v) is 7.10. The Morgan fingerprint density at radius 3 is 2.47 bits per heavy atom. The number of carbonyl (C=O) groups excluding carboxylic acids is 1.